The highest BCUT2D eigenvalue weighted by Crippen LogP contribution is 2.23. The lowest BCUT2D eigenvalue weighted by Crippen LogP contribution is -2.02. The van der Waals surface area contributed by atoms with Crippen LogP contribution in [0.25, 0.3) is 11.3 Å². The van der Waals surface area contributed by atoms with E-state index in [1.54, 1.807) is 6.20 Å². The van der Waals surface area contributed by atoms with Crippen molar-refractivity contribution >= 4 is 0 Å². The summed E-state index contributed by atoms with van der Waals surface area (Å²) in [7, 11) is 0. The van der Waals surface area contributed by atoms with Crippen molar-refractivity contribution in [2.24, 2.45) is 5.73 Å². The molecule has 0 amide bonds. The summed E-state index contributed by atoms with van der Waals surface area (Å²) in [5, 5.41) is 0. The van der Waals surface area contributed by atoms with E-state index >= 15 is 0 Å². The minimum Gasteiger partial charge on any atom is -0.494 e. The van der Waals surface area contributed by atoms with Crippen molar-refractivity contribution in [3.8, 4) is 17.1 Å². The Morgan fingerprint density at radius 1 is 1.26 bits per heavy atom. The second kappa shape index (κ2) is 6.95. The normalized spacial score (nSPS) is 10.6. The highest BCUT2D eigenvalue weighted by atomic mass is 16.5. The van der Waals surface area contributed by atoms with Crippen molar-refractivity contribution in [2.45, 2.75) is 26.2 Å². The molecular weight excluding hydrogens is 240 g/mol. The van der Waals surface area contributed by atoms with Crippen LogP contribution in [0.1, 0.15) is 25.7 Å². The molecule has 0 atom stereocenters. The molecule has 0 saturated carbocycles. The van der Waals surface area contributed by atoms with Gasteiger partial charge in [0.1, 0.15) is 5.75 Å². The van der Waals surface area contributed by atoms with Crippen LogP contribution in [-0.2, 0) is 6.42 Å². The summed E-state index contributed by atoms with van der Waals surface area (Å²) in [6.45, 7) is 3.46. The fourth-order valence-corrected chi connectivity index (χ4v) is 1.73. The first-order valence-corrected chi connectivity index (χ1v) is 6.71. The molecule has 0 spiro atoms. The van der Waals surface area contributed by atoms with Crippen molar-refractivity contribution in [2.75, 3.05) is 13.2 Å². The monoisotopic (exact) mass is 260 g/mol. The van der Waals surface area contributed by atoms with Crippen molar-refractivity contribution < 1.29 is 9.15 Å². The van der Waals surface area contributed by atoms with Crippen LogP contribution < -0.4 is 10.5 Å². The summed E-state index contributed by atoms with van der Waals surface area (Å²) in [4.78, 5) is 4.19. The Balaban J connectivity index is 2.00. The Bertz CT molecular complexity index is 491. The van der Waals surface area contributed by atoms with Gasteiger partial charge in [-0.05, 0) is 30.7 Å². The van der Waals surface area contributed by atoms with Gasteiger partial charge in [0.25, 0.3) is 0 Å². The van der Waals surface area contributed by atoms with Gasteiger partial charge in [-0.2, -0.15) is 0 Å². The van der Waals surface area contributed by atoms with Gasteiger partial charge in [0, 0.05) is 18.5 Å². The van der Waals surface area contributed by atoms with Gasteiger partial charge in [-0.3, -0.25) is 0 Å². The summed E-state index contributed by atoms with van der Waals surface area (Å²) in [5.41, 5.74) is 6.47. The summed E-state index contributed by atoms with van der Waals surface area (Å²) in [6, 6.07) is 7.87. The molecule has 0 aliphatic rings. The van der Waals surface area contributed by atoms with Crippen molar-refractivity contribution in [3.63, 3.8) is 0 Å². The largest absolute Gasteiger partial charge is 0.494 e. The molecule has 2 rings (SSSR count). The van der Waals surface area contributed by atoms with Gasteiger partial charge in [-0.1, -0.05) is 13.3 Å². The Morgan fingerprint density at radius 3 is 2.74 bits per heavy atom. The van der Waals surface area contributed by atoms with Crippen LogP contribution in [0, 0.1) is 0 Å². The summed E-state index contributed by atoms with van der Waals surface area (Å²) in [5.74, 6) is 2.34. The molecule has 0 radical (unpaired) electrons. The summed E-state index contributed by atoms with van der Waals surface area (Å²) in [6.07, 6.45) is 4.61. The van der Waals surface area contributed by atoms with Crippen LogP contribution in [0.4, 0.5) is 0 Å². The average molecular weight is 260 g/mol. The fraction of sp³-hybridized carbons (Fsp3) is 0.400. The second-order valence-electron chi connectivity index (χ2n) is 4.38. The second-order valence-corrected chi connectivity index (χ2v) is 4.38. The Labute approximate surface area is 113 Å². The molecule has 19 heavy (non-hydrogen) atoms. The van der Waals surface area contributed by atoms with E-state index in [0.717, 1.165) is 36.5 Å². The van der Waals surface area contributed by atoms with Gasteiger partial charge >= 0.3 is 0 Å². The number of nitrogens with zero attached hydrogens (tertiary/aromatic N) is 1. The zero-order chi connectivity index (χ0) is 13.5. The summed E-state index contributed by atoms with van der Waals surface area (Å²) >= 11 is 0. The molecule has 0 saturated heterocycles. The Kier molecular flexibility index (Phi) is 4.98. The molecule has 0 aliphatic carbocycles. The van der Waals surface area contributed by atoms with E-state index in [9.17, 15) is 0 Å². The number of oxazole rings is 1. The highest BCUT2D eigenvalue weighted by molar-refractivity contribution is 5.57. The van der Waals surface area contributed by atoms with Gasteiger partial charge in [0.05, 0.1) is 12.8 Å². The SMILES string of the molecule is CCCCOc1ccc(-c2cnc(CCN)o2)cc1. The van der Waals surface area contributed by atoms with E-state index in [4.69, 9.17) is 14.9 Å². The minimum absolute atomic E-state index is 0.546. The predicted molar refractivity (Wildman–Crippen MR) is 75.1 cm³/mol. The van der Waals surface area contributed by atoms with E-state index < -0.39 is 0 Å². The highest BCUT2D eigenvalue weighted by Gasteiger charge is 2.05. The quantitative estimate of drug-likeness (QED) is 0.777. The Hall–Kier alpha value is -1.81. The van der Waals surface area contributed by atoms with Gasteiger partial charge in [-0.25, -0.2) is 4.98 Å². The van der Waals surface area contributed by atoms with Gasteiger partial charge < -0.3 is 14.9 Å². The standard InChI is InChI=1S/C15H20N2O2/c1-2-3-10-18-13-6-4-12(5-7-13)14-11-17-15(19-14)8-9-16/h4-7,11H,2-3,8-10,16H2,1H3. The molecule has 2 aromatic rings. The third-order valence-corrected chi connectivity index (χ3v) is 2.82. The number of benzene rings is 1. The van der Waals surface area contributed by atoms with Crippen LogP contribution in [0.5, 0.6) is 5.75 Å². The number of aromatic nitrogens is 1. The molecule has 2 N–H and O–H groups in total. The maximum absolute atomic E-state index is 5.62. The van der Waals surface area contributed by atoms with Crippen LogP contribution in [-0.4, -0.2) is 18.1 Å². The van der Waals surface area contributed by atoms with Crippen molar-refractivity contribution in [1.29, 1.82) is 0 Å². The first-order chi connectivity index (χ1) is 9.33. The number of hydrogen-bond donors (Lipinski definition) is 1. The third kappa shape index (κ3) is 3.83. The molecule has 0 fully saturated rings. The van der Waals surface area contributed by atoms with Crippen LogP contribution in [0.2, 0.25) is 0 Å². The molecular formula is C15H20N2O2. The van der Waals surface area contributed by atoms with Crippen LogP contribution in [0.3, 0.4) is 0 Å². The number of ether oxygens (including phenoxy) is 1. The maximum Gasteiger partial charge on any atom is 0.196 e. The fourth-order valence-electron chi connectivity index (χ4n) is 1.73. The molecule has 102 valence electrons. The van der Waals surface area contributed by atoms with E-state index in [-0.39, 0.29) is 0 Å². The molecule has 1 aromatic heterocycles. The first kappa shape index (κ1) is 13.6. The first-order valence-electron chi connectivity index (χ1n) is 6.71. The smallest absolute Gasteiger partial charge is 0.196 e. The minimum atomic E-state index is 0.546. The van der Waals surface area contributed by atoms with Gasteiger partial charge in [0.2, 0.25) is 0 Å². The van der Waals surface area contributed by atoms with Crippen molar-refractivity contribution in [3.05, 3.63) is 36.4 Å². The number of rotatable bonds is 7. The Morgan fingerprint density at radius 2 is 2.05 bits per heavy atom. The third-order valence-electron chi connectivity index (χ3n) is 2.82. The van der Waals surface area contributed by atoms with Crippen LogP contribution >= 0.6 is 0 Å². The zero-order valence-electron chi connectivity index (χ0n) is 11.3. The van der Waals surface area contributed by atoms with Crippen molar-refractivity contribution in [1.82, 2.24) is 4.98 Å². The molecule has 4 heteroatoms. The zero-order valence-corrected chi connectivity index (χ0v) is 11.3. The van der Waals surface area contributed by atoms with Gasteiger partial charge in [-0.15, -0.1) is 0 Å². The summed E-state index contributed by atoms with van der Waals surface area (Å²) < 4.78 is 11.2. The molecule has 4 nitrogen and oxygen atoms in total. The van der Waals surface area contributed by atoms with E-state index in [1.165, 1.54) is 0 Å². The predicted octanol–water partition coefficient (Wildman–Crippen LogP) is 3.02. The topological polar surface area (TPSA) is 61.3 Å². The lowest BCUT2D eigenvalue weighted by Gasteiger charge is -2.05. The molecule has 0 aliphatic heterocycles. The lowest BCUT2D eigenvalue weighted by atomic mass is 10.2. The number of unbranched alkanes of at least 4 members (excludes halogenated alkanes) is 1. The van der Waals surface area contributed by atoms with E-state index in [0.29, 0.717) is 18.9 Å². The van der Waals surface area contributed by atoms with E-state index in [1.807, 2.05) is 24.3 Å². The molecule has 0 bridgehead atoms. The maximum atomic E-state index is 5.62. The van der Waals surface area contributed by atoms with E-state index in [2.05, 4.69) is 11.9 Å². The number of nitrogens with two attached hydrogens (primary N) is 1. The average Bonchev–Trinajstić information content (AvgIpc) is 2.89. The van der Waals surface area contributed by atoms with Crippen LogP contribution in [0.15, 0.2) is 34.9 Å². The molecule has 1 aromatic carbocycles. The molecule has 0 unspecified atom stereocenters. The lowest BCUT2D eigenvalue weighted by molar-refractivity contribution is 0.309. The number of hydrogen-bond acceptors (Lipinski definition) is 4. The van der Waals surface area contributed by atoms with Gasteiger partial charge in [0.15, 0.2) is 11.7 Å². The molecule has 1 heterocycles.